The van der Waals surface area contributed by atoms with Gasteiger partial charge in [-0.25, -0.2) is 4.79 Å². The Labute approximate surface area is 77.2 Å². The highest BCUT2D eigenvalue weighted by molar-refractivity contribution is 6.32. The van der Waals surface area contributed by atoms with Crippen LogP contribution in [0.4, 0.5) is 0 Å². The van der Waals surface area contributed by atoms with Gasteiger partial charge >= 0.3 is 11.9 Å². The van der Waals surface area contributed by atoms with E-state index in [0.29, 0.717) is 5.71 Å². The molecule has 0 bridgehead atoms. The topological polar surface area (TPSA) is 72.2 Å². The number of nitrogens with zero attached hydrogens (tertiary/aromatic N) is 1. The quantitative estimate of drug-likeness (QED) is 0.323. The van der Waals surface area contributed by atoms with Crippen molar-refractivity contribution in [1.82, 2.24) is 4.90 Å². The fourth-order valence-electron chi connectivity index (χ4n) is 0.795. The number of esters is 1. The molecule has 0 unspecified atom stereocenters. The van der Waals surface area contributed by atoms with E-state index >= 15 is 0 Å². The summed E-state index contributed by atoms with van der Waals surface area (Å²) in [5.41, 5.74) is 0.570. The van der Waals surface area contributed by atoms with Crippen LogP contribution in [0.1, 0.15) is 13.8 Å². The van der Waals surface area contributed by atoms with E-state index < -0.39 is 11.9 Å². The molecule has 0 aliphatic heterocycles. The molecule has 5 nitrogen and oxygen atoms in total. The van der Waals surface area contributed by atoms with Crippen molar-refractivity contribution in [2.75, 3.05) is 20.2 Å². The molecule has 0 aliphatic carbocycles. The first-order valence-electron chi connectivity index (χ1n) is 3.99. The highest BCUT2D eigenvalue weighted by Gasteiger charge is 2.20. The molecule has 0 radical (unpaired) electrons. The van der Waals surface area contributed by atoms with E-state index in [-0.39, 0.29) is 13.2 Å². The molecule has 0 aromatic rings. The standard InChI is InChI=1S/C8H14N2O3/c1-4-13-8(12)7(11)10(3)5-6(2)9/h9H,4-5H2,1-3H3/p+1. The van der Waals surface area contributed by atoms with Crippen LogP contribution >= 0.6 is 0 Å². The fourth-order valence-corrected chi connectivity index (χ4v) is 0.795. The van der Waals surface area contributed by atoms with Crippen LogP contribution in [0.25, 0.3) is 0 Å². The lowest BCUT2D eigenvalue weighted by Crippen LogP contribution is -2.47. The van der Waals surface area contributed by atoms with Gasteiger partial charge in [-0.15, -0.1) is 0 Å². The first-order valence-corrected chi connectivity index (χ1v) is 3.99. The second-order valence-electron chi connectivity index (χ2n) is 2.73. The Kier molecular flexibility index (Phi) is 4.72. The maximum absolute atomic E-state index is 11.2. The maximum Gasteiger partial charge on any atom is 0.397 e. The lowest BCUT2D eigenvalue weighted by molar-refractivity contribution is -0.159. The first-order chi connectivity index (χ1) is 5.99. The van der Waals surface area contributed by atoms with Crippen molar-refractivity contribution >= 4 is 17.6 Å². The van der Waals surface area contributed by atoms with Crippen molar-refractivity contribution in [3.8, 4) is 0 Å². The molecule has 0 saturated carbocycles. The van der Waals surface area contributed by atoms with Crippen molar-refractivity contribution in [1.29, 1.82) is 0 Å². The summed E-state index contributed by atoms with van der Waals surface area (Å²) in [5, 5.41) is 5.38. The summed E-state index contributed by atoms with van der Waals surface area (Å²) in [5.74, 6) is -1.52. The van der Waals surface area contributed by atoms with E-state index in [1.807, 2.05) is 0 Å². The number of carbonyl (C=O) groups is 2. The van der Waals surface area contributed by atoms with E-state index in [9.17, 15) is 9.59 Å². The van der Waals surface area contributed by atoms with E-state index in [2.05, 4.69) is 4.74 Å². The summed E-state index contributed by atoms with van der Waals surface area (Å²) in [6.45, 7) is 3.78. The normalized spacial score (nSPS) is 9.15. The summed E-state index contributed by atoms with van der Waals surface area (Å²) in [7, 11) is 1.50. The zero-order chi connectivity index (χ0) is 10.4. The molecule has 1 amide bonds. The molecule has 0 spiro atoms. The van der Waals surface area contributed by atoms with Gasteiger partial charge in [-0.3, -0.25) is 10.2 Å². The Bertz CT molecular complexity index is 225. The number of rotatable bonds is 3. The first kappa shape index (κ1) is 11.6. The third-order valence-electron chi connectivity index (χ3n) is 1.28. The summed E-state index contributed by atoms with van der Waals surface area (Å²) < 4.78 is 4.53. The van der Waals surface area contributed by atoms with Crippen molar-refractivity contribution in [2.45, 2.75) is 13.8 Å². The fraction of sp³-hybridized carbons (Fsp3) is 0.625. The Morgan fingerprint density at radius 2 is 2.00 bits per heavy atom. The Morgan fingerprint density at radius 3 is 2.38 bits per heavy atom. The molecule has 13 heavy (non-hydrogen) atoms. The second kappa shape index (κ2) is 5.29. The van der Waals surface area contributed by atoms with Crippen LogP contribution < -0.4 is 5.41 Å². The van der Waals surface area contributed by atoms with Crippen LogP contribution in [-0.2, 0) is 14.3 Å². The third kappa shape index (κ3) is 4.25. The van der Waals surface area contributed by atoms with Gasteiger partial charge < -0.3 is 9.64 Å². The maximum atomic E-state index is 11.2. The molecule has 0 rings (SSSR count). The van der Waals surface area contributed by atoms with E-state index in [0.717, 1.165) is 0 Å². The van der Waals surface area contributed by atoms with Gasteiger partial charge in [0, 0.05) is 14.0 Å². The molecule has 0 fully saturated rings. The number of ether oxygens (including phenoxy) is 1. The monoisotopic (exact) mass is 187 g/mol. The molecule has 0 aromatic heterocycles. The Balaban J connectivity index is 4.09. The third-order valence-corrected chi connectivity index (χ3v) is 1.28. The predicted octanol–water partition coefficient (Wildman–Crippen LogP) is -1.77. The summed E-state index contributed by atoms with van der Waals surface area (Å²) >= 11 is 0. The zero-order valence-corrected chi connectivity index (χ0v) is 8.16. The molecule has 0 aliphatic rings. The second-order valence-corrected chi connectivity index (χ2v) is 2.73. The SMILES string of the molecule is CCOC(=O)C(=O)N(C)CC(C)=[NH2+]. The minimum Gasteiger partial charge on any atom is -0.459 e. The van der Waals surface area contributed by atoms with Gasteiger partial charge in [0.15, 0.2) is 5.71 Å². The molecule has 5 heteroatoms. The van der Waals surface area contributed by atoms with Crippen LogP contribution in [0.5, 0.6) is 0 Å². The summed E-state index contributed by atoms with van der Waals surface area (Å²) in [6, 6.07) is 0. The van der Waals surface area contributed by atoms with Crippen molar-refractivity contribution in [2.24, 2.45) is 0 Å². The molecule has 0 atom stereocenters. The van der Waals surface area contributed by atoms with Crippen LogP contribution in [-0.4, -0.2) is 42.7 Å². The molecule has 0 heterocycles. The van der Waals surface area contributed by atoms with Crippen LogP contribution in [0.3, 0.4) is 0 Å². The molecule has 0 saturated heterocycles. The average Bonchev–Trinajstić information content (AvgIpc) is 2.02. The van der Waals surface area contributed by atoms with Gasteiger partial charge in [-0.1, -0.05) is 0 Å². The number of carbonyl (C=O) groups excluding carboxylic acids is 2. The molecular weight excluding hydrogens is 172 g/mol. The average molecular weight is 187 g/mol. The number of amides is 1. The van der Waals surface area contributed by atoms with Gasteiger partial charge in [-0.05, 0) is 6.92 Å². The lowest BCUT2D eigenvalue weighted by atomic mass is 10.4. The number of likely N-dealkylation sites (N-methyl/N-ethyl adjacent to an activating group) is 1. The van der Waals surface area contributed by atoms with E-state index in [1.165, 1.54) is 11.9 Å². The van der Waals surface area contributed by atoms with Crippen molar-refractivity contribution in [3.05, 3.63) is 0 Å². The van der Waals surface area contributed by atoms with Gasteiger partial charge in [0.05, 0.1) is 6.61 Å². The van der Waals surface area contributed by atoms with Gasteiger partial charge in [-0.2, -0.15) is 0 Å². The largest absolute Gasteiger partial charge is 0.459 e. The zero-order valence-electron chi connectivity index (χ0n) is 8.16. The van der Waals surface area contributed by atoms with Crippen molar-refractivity contribution in [3.63, 3.8) is 0 Å². The summed E-state index contributed by atoms with van der Waals surface area (Å²) in [4.78, 5) is 23.3. The Hall–Kier alpha value is -1.39. The number of nitrogens with two attached hydrogens (primary N) is 1. The van der Waals surface area contributed by atoms with E-state index in [4.69, 9.17) is 5.41 Å². The van der Waals surface area contributed by atoms with Crippen LogP contribution in [0.2, 0.25) is 0 Å². The lowest BCUT2D eigenvalue weighted by Gasteiger charge is -2.12. The van der Waals surface area contributed by atoms with Gasteiger partial charge in [0.1, 0.15) is 6.54 Å². The molecular formula is C8H15N2O3+. The number of hydrogen-bond donors (Lipinski definition) is 1. The smallest absolute Gasteiger partial charge is 0.397 e. The summed E-state index contributed by atoms with van der Waals surface area (Å²) in [6.07, 6.45) is 0. The van der Waals surface area contributed by atoms with Crippen molar-refractivity contribution < 1.29 is 19.7 Å². The minimum absolute atomic E-state index is 0.198. The van der Waals surface area contributed by atoms with Crippen LogP contribution in [0.15, 0.2) is 0 Å². The predicted molar refractivity (Wildman–Crippen MR) is 46.9 cm³/mol. The van der Waals surface area contributed by atoms with Gasteiger partial charge in [0.2, 0.25) is 0 Å². The molecule has 74 valence electrons. The minimum atomic E-state index is -0.841. The Morgan fingerprint density at radius 1 is 1.46 bits per heavy atom. The van der Waals surface area contributed by atoms with Crippen LogP contribution in [0, 0.1) is 0 Å². The van der Waals surface area contributed by atoms with Gasteiger partial charge in [0.25, 0.3) is 0 Å². The molecule has 2 N–H and O–H groups in total. The highest BCUT2D eigenvalue weighted by Crippen LogP contribution is 1.88. The molecule has 0 aromatic carbocycles. The highest BCUT2D eigenvalue weighted by atomic mass is 16.5. The van der Waals surface area contributed by atoms with E-state index in [1.54, 1.807) is 13.8 Å². The number of hydrogen-bond acceptors (Lipinski definition) is 3.